The number of nitrogens with zero attached hydrogens (tertiary/aromatic N) is 2. The number of aromatic nitrogens is 2. The molecule has 0 aliphatic carbocycles. The maximum absolute atomic E-state index is 13.0. The highest BCUT2D eigenvalue weighted by Gasteiger charge is 2.17. The first-order valence-corrected chi connectivity index (χ1v) is 9.77. The zero-order valence-electron chi connectivity index (χ0n) is 15.4. The molecule has 136 valence electrons. The normalized spacial score (nSPS) is 12.5. The van der Waals surface area contributed by atoms with Crippen LogP contribution in [-0.4, -0.2) is 28.3 Å². The average molecular weight is 362 g/mol. The van der Waals surface area contributed by atoms with Crippen LogP contribution in [0.5, 0.6) is 0 Å². The summed E-state index contributed by atoms with van der Waals surface area (Å²) in [5, 5.41) is 3.85. The van der Waals surface area contributed by atoms with Gasteiger partial charge in [0.05, 0.1) is 16.7 Å². The lowest BCUT2D eigenvalue weighted by atomic mass is 10.0. The van der Waals surface area contributed by atoms with Crippen LogP contribution >= 0.6 is 11.8 Å². The quantitative estimate of drug-likeness (QED) is 0.576. The summed E-state index contributed by atoms with van der Waals surface area (Å²) in [5.74, 6) is 0.826. The number of rotatable bonds is 8. The Morgan fingerprint density at radius 1 is 1.24 bits per heavy atom. The Bertz CT molecular complexity index is 786. The molecule has 0 unspecified atom stereocenters. The monoisotopic (exact) mass is 361 g/mol. The summed E-state index contributed by atoms with van der Waals surface area (Å²) in [5.41, 5.74) is 0.652. The number of para-hydroxylation sites is 1. The lowest BCUT2D eigenvalue weighted by Crippen LogP contribution is -2.27. The number of benzene rings is 1. The molecule has 0 aliphatic heterocycles. The number of thioether (sulfide) groups is 1. The van der Waals surface area contributed by atoms with Crippen molar-refractivity contribution in [2.24, 2.45) is 5.92 Å². The molecule has 1 heterocycles. The van der Waals surface area contributed by atoms with Gasteiger partial charge in [0.2, 0.25) is 5.91 Å². The zero-order valence-corrected chi connectivity index (χ0v) is 16.2. The first kappa shape index (κ1) is 19.5. The number of hydrogen-bond acceptors (Lipinski definition) is 4. The van der Waals surface area contributed by atoms with Crippen molar-refractivity contribution in [2.45, 2.75) is 51.2 Å². The second-order valence-corrected chi connectivity index (χ2v) is 7.66. The van der Waals surface area contributed by atoms with Gasteiger partial charge >= 0.3 is 0 Å². The van der Waals surface area contributed by atoms with Crippen LogP contribution in [0.1, 0.15) is 46.1 Å². The molecule has 0 bridgehead atoms. The van der Waals surface area contributed by atoms with Crippen molar-refractivity contribution < 1.29 is 4.79 Å². The molecule has 2 aromatic rings. The third-order valence-corrected chi connectivity index (χ3v) is 5.18. The molecule has 0 saturated heterocycles. The summed E-state index contributed by atoms with van der Waals surface area (Å²) in [6.45, 7) is 6.47. The van der Waals surface area contributed by atoms with Crippen molar-refractivity contribution in [1.29, 1.82) is 0 Å². The van der Waals surface area contributed by atoms with Gasteiger partial charge in [-0.3, -0.25) is 14.2 Å². The molecule has 2 rings (SSSR count). The fourth-order valence-electron chi connectivity index (χ4n) is 2.77. The second kappa shape index (κ2) is 9.04. The molecule has 1 amide bonds. The maximum atomic E-state index is 13.0. The fraction of sp³-hybridized carbons (Fsp3) is 0.526. The molecule has 1 aromatic heterocycles. The molecule has 6 heteroatoms. The Morgan fingerprint density at radius 3 is 2.64 bits per heavy atom. The van der Waals surface area contributed by atoms with E-state index in [0.717, 1.165) is 19.3 Å². The van der Waals surface area contributed by atoms with Gasteiger partial charge in [-0.25, -0.2) is 4.98 Å². The Morgan fingerprint density at radius 2 is 1.96 bits per heavy atom. The molecule has 0 radical (unpaired) electrons. The van der Waals surface area contributed by atoms with E-state index in [-0.39, 0.29) is 23.3 Å². The molecule has 0 spiro atoms. The summed E-state index contributed by atoms with van der Waals surface area (Å²) < 4.78 is 1.76. The van der Waals surface area contributed by atoms with Crippen LogP contribution < -0.4 is 10.9 Å². The lowest BCUT2D eigenvalue weighted by molar-refractivity contribution is -0.118. The van der Waals surface area contributed by atoms with Crippen LogP contribution in [0.2, 0.25) is 0 Å². The molecule has 1 aromatic carbocycles. The van der Waals surface area contributed by atoms with Crippen LogP contribution in [-0.2, 0) is 4.79 Å². The van der Waals surface area contributed by atoms with E-state index in [1.807, 2.05) is 24.3 Å². The molecular formula is C19H27N3O2S. The third-order valence-electron chi connectivity index (χ3n) is 4.23. The van der Waals surface area contributed by atoms with Crippen molar-refractivity contribution in [3.63, 3.8) is 0 Å². The molecule has 5 nitrogen and oxygen atoms in total. The first-order valence-electron chi connectivity index (χ1n) is 8.78. The van der Waals surface area contributed by atoms with Gasteiger partial charge in [0, 0.05) is 13.1 Å². The van der Waals surface area contributed by atoms with Gasteiger partial charge in [-0.05, 0) is 31.4 Å². The van der Waals surface area contributed by atoms with Gasteiger partial charge < -0.3 is 5.32 Å². The Hall–Kier alpha value is -1.82. The molecule has 0 aliphatic rings. The summed E-state index contributed by atoms with van der Waals surface area (Å²) in [6.07, 6.45) is 3.13. The van der Waals surface area contributed by atoms with E-state index >= 15 is 0 Å². The fourth-order valence-corrected chi connectivity index (χ4v) is 3.74. The maximum Gasteiger partial charge on any atom is 0.262 e. The Kier molecular flexibility index (Phi) is 7.05. The van der Waals surface area contributed by atoms with E-state index in [0.29, 0.717) is 22.0 Å². The molecule has 0 fully saturated rings. The van der Waals surface area contributed by atoms with E-state index in [9.17, 15) is 9.59 Å². The topological polar surface area (TPSA) is 64.0 Å². The molecular weight excluding hydrogens is 334 g/mol. The first-order chi connectivity index (χ1) is 11.9. The highest BCUT2D eigenvalue weighted by atomic mass is 32.2. The van der Waals surface area contributed by atoms with Gasteiger partial charge in [-0.1, -0.05) is 50.6 Å². The number of carbonyl (C=O) groups excluding carboxylic acids is 1. The number of carbonyl (C=O) groups is 1. The van der Waals surface area contributed by atoms with E-state index in [1.165, 1.54) is 11.8 Å². The molecule has 0 saturated carbocycles. The van der Waals surface area contributed by atoms with Crippen molar-refractivity contribution in [3.05, 3.63) is 34.6 Å². The van der Waals surface area contributed by atoms with Crippen LogP contribution in [0.15, 0.2) is 34.2 Å². The number of hydrogen-bond donors (Lipinski definition) is 1. The standard InChI is InChI=1S/C19H27N3O2S/c1-13(2)8-7-9-14(3)22-18(24)15-10-5-6-11-16(15)21-19(22)25-12-17(23)20-4/h5-6,10-11,13-14H,7-9,12H2,1-4H3,(H,20,23)/t14-/m0/s1. The van der Waals surface area contributed by atoms with E-state index in [2.05, 4.69) is 31.1 Å². The van der Waals surface area contributed by atoms with Crippen molar-refractivity contribution >= 4 is 28.6 Å². The second-order valence-electron chi connectivity index (χ2n) is 6.72. The van der Waals surface area contributed by atoms with Crippen LogP contribution in [0.25, 0.3) is 10.9 Å². The Balaban J connectivity index is 2.37. The lowest BCUT2D eigenvalue weighted by Gasteiger charge is -2.19. The summed E-state index contributed by atoms with van der Waals surface area (Å²) in [4.78, 5) is 29.3. The minimum Gasteiger partial charge on any atom is -0.358 e. The molecule has 25 heavy (non-hydrogen) atoms. The van der Waals surface area contributed by atoms with Gasteiger partial charge in [0.15, 0.2) is 5.16 Å². The third kappa shape index (κ3) is 5.08. The van der Waals surface area contributed by atoms with Crippen LogP contribution in [0, 0.1) is 5.92 Å². The van der Waals surface area contributed by atoms with Gasteiger partial charge in [-0.2, -0.15) is 0 Å². The summed E-state index contributed by atoms with van der Waals surface area (Å²) >= 11 is 1.32. The van der Waals surface area contributed by atoms with E-state index in [1.54, 1.807) is 11.6 Å². The van der Waals surface area contributed by atoms with Gasteiger partial charge in [0.25, 0.3) is 5.56 Å². The highest BCUT2D eigenvalue weighted by molar-refractivity contribution is 7.99. The molecule has 1 N–H and O–H groups in total. The van der Waals surface area contributed by atoms with Crippen LogP contribution in [0.3, 0.4) is 0 Å². The van der Waals surface area contributed by atoms with Crippen LogP contribution in [0.4, 0.5) is 0 Å². The van der Waals surface area contributed by atoms with Crippen molar-refractivity contribution in [1.82, 2.24) is 14.9 Å². The summed E-state index contributed by atoms with van der Waals surface area (Å²) in [6, 6.07) is 7.44. The number of nitrogens with one attached hydrogen (secondary N) is 1. The summed E-state index contributed by atoms with van der Waals surface area (Å²) in [7, 11) is 1.61. The Labute approximate surface area is 153 Å². The number of fused-ring (bicyclic) bond motifs is 1. The zero-order chi connectivity index (χ0) is 18.4. The number of amides is 1. The smallest absolute Gasteiger partial charge is 0.262 e. The molecule has 1 atom stereocenters. The SMILES string of the molecule is CNC(=O)CSc1nc2ccccc2c(=O)n1[C@@H](C)CCCC(C)C. The van der Waals surface area contributed by atoms with Gasteiger partial charge in [0.1, 0.15) is 0 Å². The van der Waals surface area contributed by atoms with Crippen molar-refractivity contribution in [2.75, 3.05) is 12.8 Å². The minimum atomic E-state index is -0.0774. The predicted octanol–water partition coefficient (Wildman–Crippen LogP) is 3.62. The largest absolute Gasteiger partial charge is 0.358 e. The van der Waals surface area contributed by atoms with Crippen molar-refractivity contribution in [3.8, 4) is 0 Å². The minimum absolute atomic E-state index is 0.0259. The predicted molar refractivity (Wildman–Crippen MR) is 104 cm³/mol. The highest BCUT2D eigenvalue weighted by Crippen LogP contribution is 2.24. The average Bonchev–Trinajstić information content (AvgIpc) is 2.59. The van der Waals surface area contributed by atoms with E-state index < -0.39 is 0 Å². The van der Waals surface area contributed by atoms with E-state index in [4.69, 9.17) is 0 Å². The van der Waals surface area contributed by atoms with Gasteiger partial charge in [-0.15, -0.1) is 0 Å².